The third-order valence-electron chi connectivity index (χ3n) is 1.48. The van der Waals surface area contributed by atoms with E-state index in [0.29, 0.717) is 6.07 Å². The molecule has 0 spiro atoms. The summed E-state index contributed by atoms with van der Waals surface area (Å²) in [6, 6.07) is 2.36. The summed E-state index contributed by atoms with van der Waals surface area (Å²) in [5.74, 6) is -1.07. The molecular weight excluding hydrogens is 248 g/mol. The average Bonchev–Trinajstić information content (AvgIpc) is 1.99. The second-order valence-electron chi connectivity index (χ2n) is 2.51. The summed E-state index contributed by atoms with van der Waals surface area (Å²) in [6.45, 7) is 0. The SMILES string of the molecule is O=S(=O)([O-])c1cccc(O)c1S(=O)(=O)[O-]. The summed E-state index contributed by atoms with van der Waals surface area (Å²) in [5.41, 5.74) is 0. The van der Waals surface area contributed by atoms with Crippen molar-refractivity contribution >= 4 is 20.2 Å². The molecule has 1 aromatic rings. The molecule has 0 aliphatic rings. The van der Waals surface area contributed by atoms with Crippen LogP contribution < -0.4 is 0 Å². The van der Waals surface area contributed by atoms with Crippen LogP contribution in [0.2, 0.25) is 0 Å². The number of hydrogen-bond donors (Lipinski definition) is 1. The van der Waals surface area contributed by atoms with Crippen LogP contribution in [0.4, 0.5) is 0 Å². The van der Waals surface area contributed by atoms with Gasteiger partial charge in [-0.3, -0.25) is 0 Å². The van der Waals surface area contributed by atoms with Crippen LogP contribution in [-0.4, -0.2) is 31.0 Å². The van der Waals surface area contributed by atoms with Crippen molar-refractivity contribution in [2.75, 3.05) is 0 Å². The van der Waals surface area contributed by atoms with Crippen LogP contribution in [0.15, 0.2) is 28.0 Å². The first-order valence-corrected chi connectivity index (χ1v) is 6.19. The van der Waals surface area contributed by atoms with Crippen molar-refractivity contribution in [1.29, 1.82) is 0 Å². The third kappa shape index (κ3) is 2.45. The molecule has 9 heteroatoms. The molecule has 0 aromatic heterocycles. The first kappa shape index (κ1) is 11.9. The Kier molecular flexibility index (Phi) is 2.74. The maximum Gasteiger partial charge on any atom is 0.134 e. The van der Waals surface area contributed by atoms with Gasteiger partial charge in [0.2, 0.25) is 0 Å². The van der Waals surface area contributed by atoms with Gasteiger partial charge < -0.3 is 14.2 Å². The van der Waals surface area contributed by atoms with Crippen LogP contribution >= 0.6 is 0 Å². The highest BCUT2D eigenvalue weighted by atomic mass is 32.2. The molecule has 0 aliphatic carbocycles. The molecule has 0 heterocycles. The lowest BCUT2D eigenvalue weighted by Gasteiger charge is -2.16. The summed E-state index contributed by atoms with van der Waals surface area (Å²) in [5, 5.41) is 9.01. The topological polar surface area (TPSA) is 135 Å². The lowest BCUT2D eigenvalue weighted by molar-refractivity contribution is 0.421. The summed E-state index contributed by atoms with van der Waals surface area (Å²) >= 11 is 0. The molecule has 0 fully saturated rings. The summed E-state index contributed by atoms with van der Waals surface area (Å²) in [4.78, 5) is -2.67. The van der Waals surface area contributed by atoms with Gasteiger partial charge in [0.1, 0.15) is 30.9 Å². The van der Waals surface area contributed by atoms with E-state index in [2.05, 4.69) is 0 Å². The highest BCUT2D eigenvalue weighted by Gasteiger charge is 2.18. The molecule has 15 heavy (non-hydrogen) atoms. The first-order valence-electron chi connectivity index (χ1n) is 3.38. The van der Waals surface area contributed by atoms with E-state index in [0.717, 1.165) is 12.1 Å². The quantitative estimate of drug-likeness (QED) is 0.680. The van der Waals surface area contributed by atoms with Crippen LogP contribution in [0.3, 0.4) is 0 Å². The Bertz CT molecular complexity index is 584. The van der Waals surface area contributed by atoms with Crippen LogP contribution in [0.25, 0.3) is 0 Å². The minimum absolute atomic E-state index is 0.632. The predicted molar refractivity (Wildman–Crippen MR) is 44.0 cm³/mol. The Balaban J connectivity index is 3.79. The Morgan fingerprint density at radius 2 is 1.53 bits per heavy atom. The monoisotopic (exact) mass is 252 g/mol. The van der Waals surface area contributed by atoms with Crippen LogP contribution in [0.5, 0.6) is 5.75 Å². The Morgan fingerprint density at radius 1 is 1.00 bits per heavy atom. The lowest BCUT2D eigenvalue weighted by atomic mass is 10.3. The van der Waals surface area contributed by atoms with E-state index in [4.69, 9.17) is 5.11 Å². The molecule has 0 amide bonds. The van der Waals surface area contributed by atoms with Gasteiger partial charge in [-0.2, -0.15) is 0 Å². The second kappa shape index (κ2) is 3.45. The number of phenols is 1. The van der Waals surface area contributed by atoms with Gasteiger partial charge in [-0.05, 0) is 12.1 Å². The van der Waals surface area contributed by atoms with Crippen molar-refractivity contribution in [2.24, 2.45) is 0 Å². The van der Waals surface area contributed by atoms with Crippen molar-refractivity contribution in [3.8, 4) is 5.75 Å². The van der Waals surface area contributed by atoms with Crippen molar-refractivity contribution in [3.05, 3.63) is 18.2 Å². The average molecular weight is 252 g/mol. The molecule has 0 saturated carbocycles. The number of benzene rings is 1. The normalized spacial score (nSPS) is 12.7. The highest BCUT2D eigenvalue weighted by molar-refractivity contribution is 7.89. The van der Waals surface area contributed by atoms with Crippen LogP contribution in [0.1, 0.15) is 0 Å². The van der Waals surface area contributed by atoms with Gasteiger partial charge in [0, 0.05) is 0 Å². The minimum Gasteiger partial charge on any atom is -0.744 e. The van der Waals surface area contributed by atoms with Gasteiger partial charge in [-0.1, -0.05) is 6.07 Å². The fourth-order valence-electron chi connectivity index (χ4n) is 0.952. The molecule has 0 aliphatic heterocycles. The zero-order chi connectivity index (χ0) is 11.9. The highest BCUT2D eigenvalue weighted by Crippen LogP contribution is 2.28. The zero-order valence-electron chi connectivity index (χ0n) is 6.95. The number of phenolic OH excluding ortho intramolecular Hbond substituents is 1. The molecule has 0 saturated heterocycles. The van der Waals surface area contributed by atoms with Gasteiger partial charge >= 0.3 is 0 Å². The molecule has 1 aromatic carbocycles. The Morgan fingerprint density at radius 3 is 1.87 bits per heavy atom. The molecule has 0 unspecified atom stereocenters. The zero-order valence-corrected chi connectivity index (χ0v) is 8.58. The van der Waals surface area contributed by atoms with Gasteiger partial charge in [-0.25, -0.2) is 16.8 Å². The maximum absolute atomic E-state index is 10.6. The van der Waals surface area contributed by atoms with Crippen molar-refractivity contribution in [2.45, 2.75) is 9.79 Å². The van der Waals surface area contributed by atoms with Crippen molar-refractivity contribution in [3.63, 3.8) is 0 Å². The minimum atomic E-state index is -5.23. The fraction of sp³-hybridized carbons (Fsp3) is 0. The Labute approximate surface area is 85.5 Å². The van der Waals surface area contributed by atoms with E-state index < -0.39 is 35.8 Å². The van der Waals surface area contributed by atoms with Crippen LogP contribution in [-0.2, 0) is 20.2 Å². The standard InChI is InChI=1S/C6H6O7S2/c7-4-2-1-3-5(14(8,9)10)6(4)15(11,12)13/h1-3,7H,(H,8,9,10)(H,11,12,13)/p-2. The molecule has 0 radical (unpaired) electrons. The van der Waals surface area contributed by atoms with E-state index in [9.17, 15) is 25.9 Å². The van der Waals surface area contributed by atoms with E-state index in [1.807, 2.05) is 0 Å². The Hall–Kier alpha value is -1.16. The van der Waals surface area contributed by atoms with E-state index in [1.54, 1.807) is 0 Å². The smallest absolute Gasteiger partial charge is 0.134 e. The first-order chi connectivity index (χ1) is 6.64. The summed E-state index contributed by atoms with van der Waals surface area (Å²) < 4.78 is 63.6. The summed E-state index contributed by atoms with van der Waals surface area (Å²) in [7, 11) is -10.4. The van der Waals surface area contributed by atoms with Gasteiger partial charge in [0.15, 0.2) is 0 Å². The summed E-state index contributed by atoms with van der Waals surface area (Å²) in [6.07, 6.45) is 0. The van der Waals surface area contributed by atoms with Crippen molar-refractivity contribution in [1.82, 2.24) is 0 Å². The van der Waals surface area contributed by atoms with Gasteiger partial charge in [-0.15, -0.1) is 0 Å². The number of aromatic hydroxyl groups is 1. The second-order valence-corrected chi connectivity index (χ2v) is 5.18. The largest absolute Gasteiger partial charge is 0.744 e. The van der Waals surface area contributed by atoms with Crippen LogP contribution in [0, 0.1) is 0 Å². The van der Waals surface area contributed by atoms with E-state index in [1.165, 1.54) is 0 Å². The number of hydrogen-bond acceptors (Lipinski definition) is 7. The van der Waals surface area contributed by atoms with E-state index in [-0.39, 0.29) is 0 Å². The molecule has 7 nitrogen and oxygen atoms in total. The molecular formula is C6H4O7S2-2. The molecule has 84 valence electrons. The number of rotatable bonds is 2. The van der Waals surface area contributed by atoms with Gasteiger partial charge in [0.25, 0.3) is 0 Å². The molecule has 1 rings (SSSR count). The molecule has 0 bridgehead atoms. The molecule has 0 atom stereocenters. The van der Waals surface area contributed by atoms with E-state index >= 15 is 0 Å². The lowest BCUT2D eigenvalue weighted by Crippen LogP contribution is -2.08. The molecule has 1 N–H and O–H groups in total. The van der Waals surface area contributed by atoms with Crippen molar-refractivity contribution < 1.29 is 31.0 Å². The third-order valence-corrected chi connectivity index (χ3v) is 3.41. The predicted octanol–water partition coefficient (Wildman–Crippen LogP) is -0.800. The van der Waals surface area contributed by atoms with Gasteiger partial charge in [0.05, 0.1) is 4.90 Å². The maximum atomic E-state index is 10.6. The fourth-order valence-corrected chi connectivity index (χ4v) is 2.78.